The maximum absolute atomic E-state index is 12.2. The zero-order valence-corrected chi connectivity index (χ0v) is 15.5. The average Bonchev–Trinajstić information content (AvgIpc) is 2.56. The molecule has 1 heterocycles. The molecule has 0 bridgehead atoms. The van der Waals surface area contributed by atoms with E-state index in [9.17, 15) is 4.79 Å². The van der Waals surface area contributed by atoms with Crippen LogP contribution in [-0.4, -0.2) is 25.0 Å². The van der Waals surface area contributed by atoms with Gasteiger partial charge >= 0.3 is 0 Å². The van der Waals surface area contributed by atoms with Gasteiger partial charge in [-0.1, -0.05) is 22.0 Å². The normalized spacial score (nSPS) is 14.5. The van der Waals surface area contributed by atoms with Crippen molar-refractivity contribution in [3.63, 3.8) is 0 Å². The number of benzene rings is 2. The van der Waals surface area contributed by atoms with Crippen LogP contribution in [0.5, 0.6) is 11.5 Å². The highest BCUT2D eigenvalue weighted by Crippen LogP contribution is 2.24. The van der Waals surface area contributed by atoms with E-state index in [4.69, 9.17) is 4.74 Å². The fourth-order valence-corrected chi connectivity index (χ4v) is 2.95. The molecule has 1 fully saturated rings. The van der Waals surface area contributed by atoms with E-state index < -0.39 is 0 Å². The van der Waals surface area contributed by atoms with Crippen molar-refractivity contribution in [1.82, 2.24) is 10.6 Å². The number of piperidine rings is 1. The van der Waals surface area contributed by atoms with Gasteiger partial charge in [-0.25, -0.2) is 0 Å². The van der Waals surface area contributed by atoms with E-state index in [1.807, 2.05) is 36.4 Å². The summed E-state index contributed by atoms with van der Waals surface area (Å²) in [5.74, 6) is 1.44. The second kappa shape index (κ2) is 9.06. The summed E-state index contributed by atoms with van der Waals surface area (Å²) in [4.78, 5) is 12.2. The highest BCUT2D eigenvalue weighted by atomic mass is 79.9. The van der Waals surface area contributed by atoms with Gasteiger partial charge in [0.15, 0.2) is 0 Å². The maximum atomic E-state index is 12.2. The minimum atomic E-state index is -0.0223. The third-order valence-corrected chi connectivity index (χ3v) is 4.32. The Morgan fingerprint density at radius 2 is 1.79 bits per heavy atom. The Morgan fingerprint density at radius 3 is 2.46 bits per heavy atom. The number of nitrogens with one attached hydrogen (secondary N) is 2. The highest BCUT2D eigenvalue weighted by Gasteiger charge is 2.16. The summed E-state index contributed by atoms with van der Waals surface area (Å²) < 4.78 is 6.74. The molecular weight excluding hydrogens is 392 g/mol. The second-order valence-electron chi connectivity index (χ2n) is 5.58. The van der Waals surface area contributed by atoms with Crippen LogP contribution < -0.4 is 15.4 Å². The van der Waals surface area contributed by atoms with E-state index in [1.165, 1.54) is 0 Å². The van der Waals surface area contributed by atoms with E-state index in [-0.39, 0.29) is 24.4 Å². The van der Waals surface area contributed by atoms with Gasteiger partial charge in [-0.3, -0.25) is 4.79 Å². The summed E-state index contributed by atoms with van der Waals surface area (Å²) >= 11 is 3.42. The first-order valence-corrected chi connectivity index (χ1v) is 8.55. The number of rotatable bonds is 4. The van der Waals surface area contributed by atoms with Gasteiger partial charge in [-0.2, -0.15) is 0 Å². The molecule has 0 spiro atoms. The van der Waals surface area contributed by atoms with Gasteiger partial charge < -0.3 is 15.4 Å². The van der Waals surface area contributed by atoms with Crippen molar-refractivity contribution >= 4 is 34.2 Å². The molecule has 6 heteroatoms. The number of carbonyl (C=O) groups excluding carboxylic acids is 1. The number of amides is 1. The molecule has 24 heavy (non-hydrogen) atoms. The number of ether oxygens (including phenoxy) is 1. The summed E-state index contributed by atoms with van der Waals surface area (Å²) in [7, 11) is 0. The summed E-state index contributed by atoms with van der Waals surface area (Å²) in [5.41, 5.74) is 0.658. The number of hydrogen-bond acceptors (Lipinski definition) is 3. The fourth-order valence-electron chi connectivity index (χ4n) is 2.58. The van der Waals surface area contributed by atoms with Crippen LogP contribution in [0.15, 0.2) is 53.0 Å². The van der Waals surface area contributed by atoms with Crippen LogP contribution in [0.2, 0.25) is 0 Å². The molecule has 2 aromatic rings. The lowest BCUT2D eigenvalue weighted by molar-refractivity contribution is 0.0929. The largest absolute Gasteiger partial charge is 0.457 e. The molecule has 0 saturated carbocycles. The molecule has 1 aliphatic rings. The monoisotopic (exact) mass is 410 g/mol. The van der Waals surface area contributed by atoms with Gasteiger partial charge in [0, 0.05) is 16.1 Å². The highest BCUT2D eigenvalue weighted by molar-refractivity contribution is 9.10. The van der Waals surface area contributed by atoms with Crippen LogP contribution >= 0.6 is 28.3 Å². The lowest BCUT2D eigenvalue weighted by Crippen LogP contribution is -2.42. The van der Waals surface area contributed by atoms with Gasteiger partial charge in [0.2, 0.25) is 0 Å². The average molecular weight is 412 g/mol. The standard InChI is InChI=1S/C18H19BrN2O2.ClH/c19-14-2-1-3-17(12-14)23-16-6-4-13(5-7-16)18(22)21-15-8-10-20-11-9-15;/h1-7,12,15,20H,8-11H2,(H,21,22);1H. The van der Waals surface area contributed by atoms with E-state index in [1.54, 1.807) is 12.1 Å². The second-order valence-corrected chi connectivity index (χ2v) is 6.50. The van der Waals surface area contributed by atoms with Crippen LogP contribution in [-0.2, 0) is 0 Å². The molecule has 0 aromatic heterocycles. The van der Waals surface area contributed by atoms with E-state index in [0.717, 1.165) is 36.2 Å². The van der Waals surface area contributed by atoms with E-state index in [0.29, 0.717) is 11.3 Å². The minimum Gasteiger partial charge on any atom is -0.457 e. The first kappa shape index (κ1) is 18.8. The minimum absolute atomic E-state index is 0. The predicted molar refractivity (Wildman–Crippen MR) is 101 cm³/mol. The molecule has 3 rings (SSSR count). The summed E-state index contributed by atoms with van der Waals surface area (Å²) in [6, 6.07) is 15.1. The van der Waals surface area contributed by atoms with Crippen LogP contribution in [0.25, 0.3) is 0 Å². The van der Waals surface area contributed by atoms with Gasteiger partial charge in [-0.15, -0.1) is 12.4 Å². The predicted octanol–water partition coefficient (Wildman–Crippen LogP) is 4.15. The Hall–Kier alpha value is -1.56. The summed E-state index contributed by atoms with van der Waals surface area (Å²) in [6.45, 7) is 1.93. The lowest BCUT2D eigenvalue weighted by atomic mass is 10.1. The molecule has 2 aromatic carbocycles. The van der Waals surface area contributed by atoms with Gasteiger partial charge in [0.25, 0.3) is 5.91 Å². The first-order valence-electron chi connectivity index (χ1n) is 7.76. The lowest BCUT2D eigenvalue weighted by Gasteiger charge is -2.23. The van der Waals surface area contributed by atoms with Crippen molar-refractivity contribution in [2.75, 3.05) is 13.1 Å². The first-order chi connectivity index (χ1) is 11.2. The Labute approximate surface area is 156 Å². The molecular formula is C18H20BrClN2O2. The maximum Gasteiger partial charge on any atom is 0.251 e. The molecule has 0 radical (unpaired) electrons. The Morgan fingerprint density at radius 1 is 1.08 bits per heavy atom. The fraction of sp³-hybridized carbons (Fsp3) is 0.278. The molecule has 4 nitrogen and oxygen atoms in total. The Kier molecular flexibility index (Phi) is 7.09. The van der Waals surface area contributed by atoms with E-state index >= 15 is 0 Å². The zero-order valence-electron chi connectivity index (χ0n) is 13.1. The van der Waals surface area contributed by atoms with Gasteiger partial charge in [0.05, 0.1) is 0 Å². The third-order valence-electron chi connectivity index (χ3n) is 3.82. The van der Waals surface area contributed by atoms with Crippen molar-refractivity contribution in [2.45, 2.75) is 18.9 Å². The molecule has 0 aliphatic carbocycles. The van der Waals surface area contributed by atoms with Crippen LogP contribution in [0.4, 0.5) is 0 Å². The van der Waals surface area contributed by atoms with Gasteiger partial charge in [-0.05, 0) is 68.4 Å². The number of carbonyl (C=O) groups is 1. The van der Waals surface area contributed by atoms with Crippen LogP contribution in [0.3, 0.4) is 0 Å². The van der Waals surface area contributed by atoms with Crippen molar-refractivity contribution in [3.8, 4) is 11.5 Å². The summed E-state index contributed by atoms with van der Waals surface area (Å²) in [5, 5.41) is 6.38. The Balaban J connectivity index is 0.00000208. The number of halogens is 2. The SMILES string of the molecule is Cl.O=C(NC1CCNCC1)c1ccc(Oc2cccc(Br)c2)cc1. The molecule has 1 aliphatic heterocycles. The summed E-state index contributed by atoms with van der Waals surface area (Å²) in [6.07, 6.45) is 1.96. The third kappa shape index (κ3) is 5.23. The topological polar surface area (TPSA) is 50.4 Å². The molecule has 2 N–H and O–H groups in total. The van der Waals surface area contributed by atoms with Gasteiger partial charge in [0.1, 0.15) is 11.5 Å². The van der Waals surface area contributed by atoms with Crippen LogP contribution in [0.1, 0.15) is 23.2 Å². The molecule has 128 valence electrons. The molecule has 0 unspecified atom stereocenters. The van der Waals surface area contributed by atoms with Crippen molar-refractivity contribution in [3.05, 3.63) is 58.6 Å². The molecule has 1 amide bonds. The van der Waals surface area contributed by atoms with Crippen molar-refractivity contribution in [1.29, 1.82) is 0 Å². The van der Waals surface area contributed by atoms with Crippen molar-refractivity contribution in [2.24, 2.45) is 0 Å². The quantitative estimate of drug-likeness (QED) is 0.795. The smallest absolute Gasteiger partial charge is 0.251 e. The zero-order chi connectivity index (χ0) is 16.1. The van der Waals surface area contributed by atoms with E-state index in [2.05, 4.69) is 26.6 Å². The van der Waals surface area contributed by atoms with Crippen molar-refractivity contribution < 1.29 is 9.53 Å². The Bertz CT molecular complexity index is 673. The molecule has 0 atom stereocenters. The number of hydrogen-bond donors (Lipinski definition) is 2. The van der Waals surface area contributed by atoms with Crippen LogP contribution in [0, 0.1) is 0 Å². The molecule has 1 saturated heterocycles.